The summed E-state index contributed by atoms with van der Waals surface area (Å²) >= 11 is 0. The molecule has 0 bridgehead atoms. The normalized spacial score (nSPS) is 27.8. The summed E-state index contributed by atoms with van der Waals surface area (Å²) in [5, 5.41) is 3.49. The molecule has 0 aromatic carbocycles. The number of nitrogens with one attached hydrogen (secondary N) is 1. The quantitative estimate of drug-likeness (QED) is 0.807. The number of nitrogens with zero attached hydrogens (tertiary/aromatic N) is 3. The van der Waals surface area contributed by atoms with Gasteiger partial charge in [-0.25, -0.2) is 4.98 Å². The maximum atomic E-state index is 4.36. The Kier molecular flexibility index (Phi) is 3.66. The van der Waals surface area contributed by atoms with Gasteiger partial charge >= 0.3 is 0 Å². The van der Waals surface area contributed by atoms with Crippen LogP contribution in [0.3, 0.4) is 0 Å². The fraction of sp³-hybridized carbons (Fsp3) is 0.786. The van der Waals surface area contributed by atoms with Crippen molar-refractivity contribution in [2.24, 2.45) is 0 Å². The molecule has 4 nitrogen and oxygen atoms in total. The van der Waals surface area contributed by atoms with E-state index in [4.69, 9.17) is 0 Å². The smallest absolute Gasteiger partial charge is 0.0951 e. The van der Waals surface area contributed by atoms with Crippen LogP contribution in [0.5, 0.6) is 0 Å². The highest BCUT2D eigenvalue weighted by atomic mass is 15.3. The molecule has 0 amide bonds. The molecule has 2 unspecified atom stereocenters. The van der Waals surface area contributed by atoms with Crippen LogP contribution in [0.2, 0.25) is 0 Å². The first-order chi connectivity index (χ1) is 8.90. The molecule has 2 saturated heterocycles. The highest BCUT2D eigenvalue weighted by molar-refractivity contribution is 5.05. The van der Waals surface area contributed by atoms with E-state index >= 15 is 0 Å². The van der Waals surface area contributed by atoms with Crippen molar-refractivity contribution in [3.05, 3.63) is 18.2 Å². The third kappa shape index (κ3) is 2.19. The minimum Gasteiger partial charge on any atom is -0.329 e. The first-order valence-corrected chi connectivity index (χ1v) is 7.35. The summed E-state index contributed by atoms with van der Waals surface area (Å²) in [4.78, 5) is 7.02. The number of hydrogen-bond donors (Lipinski definition) is 1. The van der Waals surface area contributed by atoms with E-state index < -0.39 is 0 Å². The van der Waals surface area contributed by atoms with Gasteiger partial charge in [-0.2, -0.15) is 0 Å². The van der Waals surface area contributed by atoms with E-state index in [1.807, 2.05) is 12.5 Å². The van der Waals surface area contributed by atoms with Crippen molar-refractivity contribution in [1.82, 2.24) is 19.8 Å². The Balaban J connectivity index is 1.70. The molecule has 4 heteroatoms. The lowest BCUT2D eigenvalue weighted by molar-refractivity contribution is 0.287. The van der Waals surface area contributed by atoms with Gasteiger partial charge in [0.2, 0.25) is 0 Å². The average Bonchev–Trinajstić information content (AvgIpc) is 3.03. The lowest BCUT2D eigenvalue weighted by Crippen LogP contribution is -2.28. The van der Waals surface area contributed by atoms with Crippen molar-refractivity contribution in [1.29, 1.82) is 0 Å². The Morgan fingerprint density at radius 2 is 2.28 bits per heavy atom. The molecule has 2 fully saturated rings. The van der Waals surface area contributed by atoms with E-state index in [-0.39, 0.29) is 0 Å². The SMILES string of the molecule is CCCNCc1cncn1C1CCN2CCCC12. The summed E-state index contributed by atoms with van der Waals surface area (Å²) in [6.45, 7) is 6.83. The first-order valence-electron chi connectivity index (χ1n) is 7.35. The van der Waals surface area contributed by atoms with Gasteiger partial charge in [0, 0.05) is 25.3 Å². The first kappa shape index (κ1) is 12.2. The van der Waals surface area contributed by atoms with Crippen molar-refractivity contribution in [2.75, 3.05) is 19.6 Å². The lowest BCUT2D eigenvalue weighted by atomic mass is 10.1. The number of rotatable bonds is 5. The van der Waals surface area contributed by atoms with E-state index in [2.05, 4.69) is 26.7 Å². The molecule has 0 radical (unpaired) electrons. The number of imidazole rings is 1. The fourth-order valence-corrected chi connectivity index (χ4v) is 3.54. The molecule has 2 atom stereocenters. The van der Waals surface area contributed by atoms with Crippen LogP contribution in [-0.2, 0) is 6.54 Å². The molecule has 1 aromatic rings. The molecular weight excluding hydrogens is 224 g/mol. The highest BCUT2D eigenvalue weighted by Crippen LogP contribution is 2.36. The van der Waals surface area contributed by atoms with Gasteiger partial charge in [0.05, 0.1) is 18.1 Å². The van der Waals surface area contributed by atoms with Gasteiger partial charge in [0.15, 0.2) is 0 Å². The Morgan fingerprint density at radius 3 is 3.17 bits per heavy atom. The molecule has 0 saturated carbocycles. The third-order valence-corrected chi connectivity index (χ3v) is 4.41. The fourth-order valence-electron chi connectivity index (χ4n) is 3.54. The van der Waals surface area contributed by atoms with E-state index in [1.165, 1.54) is 44.5 Å². The van der Waals surface area contributed by atoms with Crippen LogP contribution in [0.25, 0.3) is 0 Å². The van der Waals surface area contributed by atoms with Gasteiger partial charge in [-0.15, -0.1) is 0 Å². The van der Waals surface area contributed by atoms with Crippen molar-refractivity contribution >= 4 is 0 Å². The van der Waals surface area contributed by atoms with Crippen LogP contribution < -0.4 is 5.32 Å². The van der Waals surface area contributed by atoms with Gasteiger partial charge < -0.3 is 9.88 Å². The molecule has 1 aromatic heterocycles. The van der Waals surface area contributed by atoms with Gasteiger partial charge in [0.25, 0.3) is 0 Å². The van der Waals surface area contributed by atoms with Crippen LogP contribution >= 0.6 is 0 Å². The summed E-state index contributed by atoms with van der Waals surface area (Å²) in [5.74, 6) is 0. The molecule has 2 aliphatic heterocycles. The minimum absolute atomic E-state index is 0.661. The topological polar surface area (TPSA) is 33.1 Å². The molecule has 100 valence electrons. The Morgan fingerprint density at radius 1 is 1.33 bits per heavy atom. The van der Waals surface area contributed by atoms with Crippen molar-refractivity contribution in [3.63, 3.8) is 0 Å². The van der Waals surface area contributed by atoms with Crippen LogP contribution in [0.15, 0.2) is 12.5 Å². The van der Waals surface area contributed by atoms with Crippen molar-refractivity contribution in [3.8, 4) is 0 Å². The number of hydrogen-bond acceptors (Lipinski definition) is 3. The standard InChI is InChI=1S/C14H24N4/c1-2-6-15-9-12-10-16-11-18(12)14-5-8-17-7-3-4-13(14)17/h10-11,13-15H,2-9H2,1H3. The van der Waals surface area contributed by atoms with Gasteiger partial charge in [-0.1, -0.05) is 6.92 Å². The average molecular weight is 248 g/mol. The number of fused-ring (bicyclic) bond motifs is 1. The number of aromatic nitrogens is 2. The molecule has 3 heterocycles. The molecule has 1 N–H and O–H groups in total. The predicted molar refractivity (Wildman–Crippen MR) is 72.5 cm³/mol. The molecule has 2 aliphatic rings. The second-order valence-corrected chi connectivity index (χ2v) is 5.57. The zero-order chi connectivity index (χ0) is 12.4. The maximum absolute atomic E-state index is 4.36. The van der Waals surface area contributed by atoms with Crippen molar-refractivity contribution in [2.45, 2.75) is 51.2 Å². The van der Waals surface area contributed by atoms with Gasteiger partial charge in [-0.3, -0.25) is 4.90 Å². The molecular formula is C14H24N4. The van der Waals surface area contributed by atoms with Gasteiger partial charge in [-0.05, 0) is 38.8 Å². The molecule has 3 rings (SSSR count). The lowest BCUT2D eigenvalue weighted by Gasteiger charge is -2.23. The summed E-state index contributed by atoms with van der Waals surface area (Å²) in [5.41, 5.74) is 1.35. The minimum atomic E-state index is 0.661. The van der Waals surface area contributed by atoms with Crippen LogP contribution in [0, 0.1) is 0 Å². The van der Waals surface area contributed by atoms with E-state index in [9.17, 15) is 0 Å². The largest absolute Gasteiger partial charge is 0.329 e. The Hall–Kier alpha value is -0.870. The molecule has 0 aliphatic carbocycles. The predicted octanol–water partition coefficient (Wildman–Crippen LogP) is 1.79. The Bertz CT molecular complexity index is 387. The monoisotopic (exact) mass is 248 g/mol. The maximum Gasteiger partial charge on any atom is 0.0951 e. The Labute approximate surface area is 109 Å². The zero-order valence-electron chi connectivity index (χ0n) is 11.3. The third-order valence-electron chi connectivity index (χ3n) is 4.41. The van der Waals surface area contributed by atoms with Crippen LogP contribution in [0.4, 0.5) is 0 Å². The van der Waals surface area contributed by atoms with E-state index in [0.717, 1.165) is 19.1 Å². The summed E-state index contributed by atoms with van der Waals surface area (Å²) < 4.78 is 2.43. The molecule has 0 spiro atoms. The van der Waals surface area contributed by atoms with Crippen molar-refractivity contribution < 1.29 is 0 Å². The summed E-state index contributed by atoms with van der Waals surface area (Å²) in [7, 11) is 0. The van der Waals surface area contributed by atoms with Gasteiger partial charge in [0.1, 0.15) is 0 Å². The second-order valence-electron chi connectivity index (χ2n) is 5.57. The second kappa shape index (κ2) is 5.41. The van der Waals surface area contributed by atoms with E-state index in [1.54, 1.807) is 0 Å². The van der Waals surface area contributed by atoms with Crippen LogP contribution in [0.1, 0.15) is 44.3 Å². The summed E-state index contributed by atoms with van der Waals surface area (Å²) in [6.07, 6.45) is 9.29. The molecule has 18 heavy (non-hydrogen) atoms. The van der Waals surface area contributed by atoms with Crippen LogP contribution in [-0.4, -0.2) is 40.1 Å². The zero-order valence-corrected chi connectivity index (χ0v) is 11.3. The summed E-state index contributed by atoms with van der Waals surface area (Å²) in [6, 6.07) is 1.43. The highest BCUT2D eigenvalue weighted by Gasteiger charge is 2.38. The van der Waals surface area contributed by atoms with E-state index in [0.29, 0.717) is 6.04 Å².